The highest BCUT2D eigenvalue weighted by molar-refractivity contribution is 5.92. The first-order valence-corrected chi connectivity index (χ1v) is 9.51. The summed E-state index contributed by atoms with van der Waals surface area (Å²) in [5.41, 5.74) is 1.50. The molecule has 0 saturated heterocycles. The minimum absolute atomic E-state index is 0.298. The van der Waals surface area contributed by atoms with Crippen molar-refractivity contribution < 1.29 is 13.9 Å². The van der Waals surface area contributed by atoms with Crippen molar-refractivity contribution in [2.45, 2.75) is 19.4 Å². The van der Waals surface area contributed by atoms with Crippen LogP contribution in [0.3, 0.4) is 0 Å². The van der Waals surface area contributed by atoms with Crippen molar-refractivity contribution in [3.63, 3.8) is 0 Å². The van der Waals surface area contributed by atoms with Crippen LogP contribution in [0.2, 0.25) is 0 Å². The van der Waals surface area contributed by atoms with Gasteiger partial charge in [-0.1, -0.05) is 31.2 Å². The minimum Gasteiger partial charge on any atom is -0.494 e. The second-order valence-electron chi connectivity index (χ2n) is 6.64. The first-order valence-electron chi connectivity index (χ1n) is 9.51. The Morgan fingerprint density at radius 2 is 2.07 bits per heavy atom. The molecule has 0 radical (unpaired) electrons. The molecule has 3 rings (SSSR count). The van der Waals surface area contributed by atoms with Gasteiger partial charge in [0.15, 0.2) is 0 Å². The fraction of sp³-hybridized carbons (Fsp3) is 0.217. The Morgan fingerprint density at radius 3 is 2.72 bits per heavy atom. The van der Waals surface area contributed by atoms with Crippen molar-refractivity contribution in [1.82, 2.24) is 14.9 Å². The van der Waals surface area contributed by atoms with Crippen molar-refractivity contribution in [2.24, 2.45) is 7.05 Å². The predicted molar refractivity (Wildman–Crippen MR) is 111 cm³/mol. The van der Waals surface area contributed by atoms with Crippen molar-refractivity contribution in [3.05, 3.63) is 89.8 Å². The van der Waals surface area contributed by atoms with Crippen molar-refractivity contribution in [3.8, 4) is 5.75 Å². The molecule has 5 nitrogen and oxygen atoms in total. The summed E-state index contributed by atoms with van der Waals surface area (Å²) in [4.78, 5) is 16.9. The number of carbonyl (C=O) groups excluding carboxylic acids is 1. The zero-order chi connectivity index (χ0) is 20.6. The molecule has 2 aromatic carbocycles. The van der Waals surface area contributed by atoms with E-state index in [9.17, 15) is 9.18 Å². The van der Waals surface area contributed by atoms with Gasteiger partial charge >= 0.3 is 0 Å². The monoisotopic (exact) mass is 393 g/mol. The first-order chi connectivity index (χ1) is 14.1. The van der Waals surface area contributed by atoms with Gasteiger partial charge in [-0.3, -0.25) is 4.79 Å². The van der Waals surface area contributed by atoms with E-state index in [1.807, 2.05) is 31.3 Å². The van der Waals surface area contributed by atoms with Gasteiger partial charge in [0.1, 0.15) is 23.4 Å². The van der Waals surface area contributed by atoms with Gasteiger partial charge in [-0.05, 0) is 47.9 Å². The Bertz CT molecular complexity index is 980. The standard InChI is InChI=1S/C23H24FN3O2/c1-3-15-29-20-10-7-17(8-11-20)9-12-21(28)26-22(23-25-13-14-27(23)2)18-5-4-6-19(24)16-18/h4-14,16,22H,3,15H2,1-2H3,(H,26,28)/b12-9+. The molecule has 6 heteroatoms. The number of hydrogen-bond donors (Lipinski definition) is 1. The highest BCUT2D eigenvalue weighted by Crippen LogP contribution is 2.21. The summed E-state index contributed by atoms with van der Waals surface area (Å²) in [6.07, 6.45) is 7.55. The predicted octanol–water partition coefficient (Wildman–Crippen LogP) is 4.27. The SMILES string of the molecule is CCCOc1ccc(/C=C/C(=O)NC(c2cccc(F)c2)c2nccn2C)cc1. The molecule has 1 N–H and O–H groups in total. The summed E-state index contributed by atoms with van der Waals surface area (Å²) < 4.78 is 21.1. The summed E-state index contributed by atoms with van der Waals surface area (Å²) in [7, 11) is 1.83. The van der Waals surface area contributed by atoms with Gasteiger partial charge in [-0.25, -0.2) is 9.37 Å². The van der Waals surface area contributed by atoms with Gasteiger partial charge in [-0.2, -0.15) is 0 Å². The van der Waals surface area contributed by atoms with Crippen LogP contribution in [0.4, 0.5) is 4.39 Å². The number of rotatable bonds is 8. The summed E-state index contributed by atoms with van der Waals surface area (Å²) in [6.45, 7) is 2.73. The van der Waals surface area contributed by atoms with E-state index < -0.39 is 6.04 Å². The summed E-state index contributed by atoms with van der Waals surface area (Å²) >= 11 is 0. The Hall–Kier alpha value is -3.41. The third-order valence-electron chi connectivity index (χ3n) is 4.37. The topological polar surface area (TPSA) is 56.1 Å². The molecule has 1 aromatic heterocycles. The Balaban J connectivity index is 1.73. The van der Waals surface area contributed by atoms with Crippen LogP contribution in [0.1, 0.15) is 36.3 Å². The minimum atomic E-state index is -0.562. The zero-order valence-electron chi connectivity index (χ0n) is 16.5. The van der Waals surface area contributed by atoms with Crippen LogP contribution in [-0.2, 0) is 11.8 Å². The third kappa shape index (κ3) is 5.54. The van der Waals surface area contributed by atoms with Crippen molar-refractivity contribution in [1.29, 1.82) is 0 Å². The van der Waals surface area contributed by atoms with E-state index in [4.69, 9.17) is 4.74 Å². The van der Waals surface area contributed by atoms with Crippen molar-refractivity contribution >= 4 is 12.0 Å². The number of hydrogen-bond acceptors (Lipinski definition) is 3. The van der Waals surface area contributed by atoms with E-state index in [0.29, 0.717) is 18.0 Å². The molecule has 0 fully saturated rings. The quantitative estimate of drug-likeness (QED) is 0.582. The largest absolute Gasteiger partial charge is 0.494 e. The first kappa shape index (κ1) is 20.3. The van der Waals surface area contributed by atoms with E-state index in [-0.39, 0.29) is 11.7 Å². The van der Waals surface area contributed by atoms with Gasteiger partial charge in [0.25, 0.3) is 0 Å². The van der Waals surface area contributed by atoms with E-state index >= 15 is 0 Å². The number of aromatic nitrogens is 2. The van der Waals surface area contributed by atoms with E-state index in [1.165, 1.54) is 18.2 Å². The molecule has 150 valence electrons. The van der Waals surface area contributed by atoms with Gasteiger partial charge in [0, 0.05) is 25.5 Å². The molecule has 1 atom stereocenters. The molecule has 0 saturated carbocycles. The van der Waals surface area contributed by atoms with Crippen LogP contribution >= 0.6 is 0 Å². The van der Waals surface area contributed by atoms with E-state index in [0.717, 1.165) is 17.7 Å². The van der Waals surface area contributed by atoms with Gasteiger partial charge in [0.05, 0.1) is 6.61 Å². The maximum atomic E-state index is 13.7. The van der Waals surface area contributed by atoms with Crippen LogP contribution in [0.25, 0.3) is 6.08 Å². The van der Waals surface area contributed by atoms with Crippen LogP contribution in [0.15, 0.2) is 67.0 Å². The lowest BCUT2D eigenvalue weighted by molar-refractivity contribution is -0.117. The molecular weight excluding hydrogens is 369 g/mol. The second-order valence-corrected chi connectivity index (χ2v) is 6.64. The number of amides is 1. The molecule has 0 spiro atoms. The highest BCUT2D eigenvalue weighted by Gasteiger charge is 2.20. The lowest BCUT2D eigenvalue weighted by atomic mass is 10.1. The molecule has 29 heavy (non-hydrogen) atoms. The normalized spacial score (nSPS) is 12.1. The lowest BCUT2D eigenvalue weighted by Crippen LogP contribution is -2.29. The molecular formula is C23H24FN3O2. The fourth-order valence-electron chi connectivity index (χ4n) is 2.90. The van der Waals surface area contributed by atoms with Crippen LogP contribution in [0.5, 0.6) is 5.75 Å². The van der Waals surface area contributed by atoms with Crippen LogP contribution in [-0.4, -0.2) is 22.1 Å². The molecule has 1 unspecified atom stereocenters. The number of imidazole rings is 1. The highest BCUT2D eigenvalue weighted by atomic mass is 19.1. The maximum Gasteiger partial charge on any atom is 0.244 e. The Morgan fingerprint density at radius 1 is 1.28 bits per heavy atom. The Kier molecular flexibility index (Phi) is 6.79. The zero-order valence-corrected chi connectivity index (χ0v) is 16.5. The average molecular weight is 393 g/mol. The smallest absolute Gasteiger partial charge is 0.244 e. The number of nitrogens with one attached hydrogen (secondary N) is 1. The molecule has 3 aromatic rings. The summed E-state index contributed by atoms with van der Waals surface area (Å²) in [5.74, 6) is 0.759. The average Bonchev–Trinajstić information content (AvgIpc) is 3.15. The maximum absolute atomic E-state index is 13.7. The number of nitrogens with zero attached hydrogens (tertiary/aromatic N) is 2. The number of ether oxygens (including phenoxy) is 1. The van der Waals surface area contributed by atoms with Gasteiger partial charge in [0.2, 0.25) is 5.91 Å². The molecule has 0 aliphatic carbocycles. The number of aryl methyl sites for hydroxylation is 1. The molecule has 1 amide bonds. The van der Waals surface area contributed by atoms with Crippen LogP contribution in [0, 0.1) is 5.82 Å². The van der Waals surface area contributed by atoms with Crippen LogP contribution < -0.4 is 10.1 Å². The summed E-state index contributed by atoms with van der Waals surface area (Å²) in [6, 6.07) is 13.1. The van der Waals surface area contributed by atoms with Gasteiger partial charge < -0.3 is 14.6 Å². The summed E-state index contributed by atoms with van der Waals surface area (Å²) in [5, 5.41) is 2.91. The fourth-order valence-corrected chi connectivity index (χ4v) is 2.90. The molecule has 0 bridgehead atoms. The van der Waals surface area contributed by atoms with Crippen molar-refractivity contribution in [2.75, 3.05) is 6.61 Å². The Labute approximate surface area is 169 Å². The third-order valence-corrected chi connectivity index (χ3v) is 4.37. The molecule has 0 aliphatic heterocycles. The second kappa shape index (κ2) is 9.68. The number of benzene rings is 2. The molecule has 0 aliphatic rings. The number of halogens is 1. The lowest BCUT2D eigenvalue weighted by Gasteiger charge is -2.18. The number of carbonyl (C=O) groups is 1. The molecule has 1 heterocycles. The van der Waals surface area contributed by atoms with E-state index in [1.54, 1.807) is 35.2 Å². The van der Waals surface area contributed by atoms with Gasteiger partial charge in [-0.15, -0.1) is 0 Å². The van der Waals surface area contributed by atoms with E-state index in [2.05, 4.69) is 17.2 Å².